The second kappa shape index (κ2) is 4.71. The predicted molar refractivity (Wildman–Crippen MR) is 67.3 cm³/mol. The van der Waals surface area contributed by atoms with Crippen LogP contribution in [-0.4, -0.2) is 25.8 Å². The van der Waals surface area contributed by atoms with Crippen molar-refractivity contribution >= 4 is 5.97 Å². The van der Waals surface area contributed by atoms with Gasteiger partial charge in [0.05, 0.1) is 5.41 Å². The Morgan fingerprint density at radius 2 is 2.06 bits per heavy atom. The van der Waals surface area contributed by atoms with Crippen molar-refractivity contribution in [2.24, 2.45) is 12.5 Å². The van der Waals surface area contributed by atoms with Crippen LogP contribution in [0.2, 0.25) is 0 Å². The maximum absolute atomic E-state index is 11.5. The van der Waals surface area contributed by atoms with Gasteiger partial charge in [0.1, 0.15) is 5.82 Å². The van der Waals surface area contributed by atoms with Crippen LogP contribution in [0.3, 0.4) is 0 Å². The van der Waals surface area contributed by atoms with E-state index in [1.165, 1.54) is 0 Å². The van der Waals surface area contributed by atoms with Gasteiger partial charge in [0, 0.05) is 19.4 Å². The molecule has 100 valence electrons. The lowest BCUT2D eigenvalue weighted by atomic mass is 9.79. The van der Waals surface area contributed by atoms with Gasteiger partial charge in [-0.15, -0.1) is 0 Å². The van der Waals surface area contributed by atoms with E-state index in [9.17, 15) is 9.90 Å². The molecule has 0 saturated heterocycles. The smallest absolute Gasteiger partial charge is 0.310 e. The van der Waals surface area contributed by atoms with E-state index >= 15 is 0 Å². The van der Waals surface area contributed by atoms with Gasteiger partial charge in [-0.1, -0.05) is 13.8 Å². The molecule has 0 unspecified atom stereocenters. The zero-order valence-corrected chi connectivity index (χ0v) is 11.3. The molecule has 0 aliphatic heterocycles. The van der Waals surface area contributed by atoms with Crippen LogP contribution in [0.15, 0.2) is 0 Å². The van der Waals surface area contributed by atoms with Crippen LogP contribution in [0.5, 0.6) is 0 Å². The highest BCUT2D eigenvalue weighted by molar-refractivity contribution is 5.74. The third-order valence-electron chi connectivity index (χ3n) is 4.12. The van der Waals surface area contributed by atoms with E-state index < -0.39 is 11.4 Å². The summed E-state index contributed by atoms with van der Waals surface area (Å²) < 4.78 is 1.75. The molecule has 18 heavy (non-hydrogen) atoms. The summed E-state index contributed by atoms with van der Waals surface area (Å²) >= 11 is 0. The lowest BCUT2D eigenvalue weighted by molar-refractivity contribution is -0.149. The van der Waals surface area contributed by atoms with Gasteiger partial charge in [0.25, 0.3) is 0 Å². The fraction of sp³-hybridized carbons (Fsp3) is 0.769. The van der Waals surface area contributed by atoms with Gasteiger partial charge in [-0.25, -0.2) is 4.98 Å². The molecule has 0 spiro atoms. The third-order valence-corrected chi connectivity index (χ3v) is 4.12. The molecule has 0 amide bonds. The summed E-state index contributed by atoms with van der Waals surface area (Å²) in [6.07, 6.45) is 4.02. The molecule has 1 saturated carbocycles. The summed E-state index contributed by atoms with van der Waals surface area (Å²) in [7, 11) is 1.85. The number of aliphatic carboxylic acids is 1. The minimum absolute atomic E-state index is 0.464. The number of aromatic nitrogens is 3. The third kappa shape index (κ3) is 2.26. The molecule has 0 aromatic carbocycles. The van der Waals surface area contributed by atoms with Gasteiger partial charge in [0.15, 0.2) is 5.82 Å². The molecular weight excluding hydrogens is 230 g/mol. The van der Waals surface area contributed by atoms with E-state index in [0.29, 0.717) is 25.2 Å². The van der Waals surface area contributed by atoms with Crippen molar-refractivity contribution in [1.29, 1.82) is 0 Å². The zero-order chi connectivity index (χ0) is 13.3. The Morgan fingerprint density at radius 3 is 2.50 bits per heavy atom. The topological polar surface area (TPSA) is 68.0 Å². The van der Waals surface area contributed by atoms with Crippen molar-refractivity contribution in [3.05, 3.63) is 11.6 Å². The van der Waals surface area contributed by atoms with Gasteiger partial charge in [0.2, 0.25) is 0 Å². The number of aryl methyl sites for hydroxylation is 1. The first-order chi connectivity index (χ1) is 8.52. The lowest BCUT2D eigenvalue weighted by Crippen LogP contribution is -2.33. The predicted octanol–water partition coefficient (Wildman–Crippen LogP) is 2.13. The number of hydrogen-bond acceptors (Lipinski definition) is 3. The van der Waals surface area contributed by atoms with Crippen LogP contribution in [0.25, 0.3) is 0 Å². The van der Waals surface area contributed by atoms with Gasteiger partial charge in [-0.2, -0.15) is 5.10 Å². The van der Waals surface area contributed by atoms with E-state index in [1.807, 2.05) is 20.9 Å². The Hall–Kier alpha value is -1.39. The molecule has 1 fully saturated rings. The molecular formula is C13H21N3O2. The van der Waals surface area contributed by atoms with Gasteiger partial charge < -0.3 is 5.11 Å². The highest BCUT2D eigenvalue weighted by Gasteiger charge is 2.37. The first-order valence-electron chi connectivity index (χ1n) is 6.65. The maximum atomic E-state index is 11.5. The van der Waals surface area contributed by atoms with Crippen LogP contribution >= 0.6 is 0 Å². The van der Waals surface area contributed by atoms with Crippen LogP contribution in [0.4, 0.5) is 0 Å². The molecule has 0 bridgehead atoms. The molecule has 1 heterocycles. The van der Waals surface area contributed by atoms with Crippen molar-refractivity contribution in [1.82, 2.24) is 14.8 Å². The summed E-state index contributed by atoms with van der Waals surface area (Å²) in [5.74, 6) is 1.46. The Balaban J connectivity index is 2.23. The Kier molecular flexibility index (Phi) is 3.41. The number of nitrogens with zero attached hydrogens (tertiary/aromatic N) is 3. The monoisotopic (exact) mass is 251 g/mol. The summed E-state index contributed by atoms with van der Waals surface area (Å²) in [5.41, 5.74) is -0.707. The second-order valence-corrected chi connectivity index (χ2v) is 5.25. The highest BCUT2D eigenvalue weighted by Crippen LogP contribution is 2.38. The van der Waals surface area contributed by atoms with Crippen molar-refractivity contribution in [2.75, 3.05) is 0 Å². The molecule has 1 N–H and O–H groups in total. The van der Waals surface area contributed by atoms with E-state index in [2.05, 4.69) is 10.1 Å². The van der Waals surface area contributed by atoms with Crippen molar-refractivity contribution in [3.8, 4) is 0 Å². The fourth-order valence-corrected chi connectivity index (χ4v) is 2.29. The average Bonchev–Trinajstić information content (AvgIpc) is 3.12. The van der Waals surface area contributed by atoms with Crippen LogP contribution in [-0.2, 0) is 18.3 Å². The van der Waals surface area contributed by atoms with Crippen LogP contribution in [0.1, 0.15) is 57.1 Å². The minimum Gasteiger partial charge on any atom is -0.481 e. The summed E-state index contributed by atoms with van der Waals surface area (Å²) in [4.78, 5) is 16.0. The second-order valence-electron chi connectivity index (χ2n) is 5.25. The number of carbonyl (C=O) groups is 1. The number of rotatable bonds is 6. The quantitative estimate of drug-likeness (QED) is 0.841. The maximum Gasteiger partial charge on any atom is 0.310 e. The molecule has 1 aromatic heterocycles. The van der Waals surface area contributed by atoms with E-state index in [0.717, 1.165) is 24.5 Å². The summed E-state index contributed by atoms with van der Waals surface area (Å²) in [6.45, 7) is 3.85. The molecule has 2 rings (SSSR count). The Bertz CT molecular complexity index is 445. The average molecular weight is 251 g/mol. The van der Waals surface area contributed by atoms with Gasteiger partial charge in [-0.05, 0) is 25.7 Å². The molecule has 1 aliphatic rings. The van der Waals surface area contributed by atoms with Crippen LogP contribution < -0.4 is 0 Å². The molecule has 1 aliphatic carbocycles. The first kappa shape index (κ1) is 13.1. The number of hydrogen-bond donors (Lipinski definition) is 1. The first-order valence-corrected chi connectivity index (χ1v) is 6.65. The van der Waals surface area contributed by atoms with E-state index in [-0.39, 0.29) is 0 Å². The van der Waals surface area contributed by atoms with E-state index in [1.54, 1.807) is 4.68 Å². The van der Waals surface area contributed by atoms with Crippen molar-refractivity contribution < 1.29 is 9.90 Å². The summed E-state index contributed by atoms with van der Waals surface area (Å²) in [6, 6.07) is 0. The van der Waals surface area contributed by atoms with E-state index in [4.69, 9.17) is 0 Å². The molecule has 5 heteroatoms. The fourth-order valence-electron chi connectivity index (χ4n) is 2.29. The van der Waals surface area contributed by atoms with Gasteiger partial charge >= 0.3 is 5.97 Å². The Morgan fingerprint density at radius 1 is 1.44 bits per heavy atom. The zero-order valence-electron chi connectivity index (χ0n) is 11.3. The number of carboxylic acids is 1. The largest absolute Gasteiger partial charge is 0.481 e. The highest BCUT2D eigenvalue weighted by atomic mass is 16.4. The molecule has 0 atom stereocenters. The normalized spacial score (nSPS) is 15.9. The molecule has 5 nitrogen and oxygen atoms in total. The van der Waals surface area contributed by atoms with Crippen molar-refractivity contribution in [3.63, 3.8) is 0 Å². The van der Waals surface area contributed by atoms with Crippen LogP contribution in [0, 0.1) is 5.41 Å². The van der Waals surface area contributed by atoms with Gasteiger partial charge in [-0.3, -0.25) is 9.48 Å². The Labute approximate surface area is 107 Å². The standard InChI is InChI=1S/C13H21N3O2/c1-4-13(5-2,12(17)18)8-10-14-11(9-6-7-9)15-16(10)3/h9H,4-8H2,1-3H3,(H,17,18). The summed E-state index contributed by atoms with van der Waals surface area (Å²) in [5, 5.41) is 13.8. The number of carboxylic acid groups (broad SMARTS) is 1. The minimum atomic E-state index is -0.733. The molecule has 0 radical (unpaired) electrons. The molecule has 1 aromatic rings. The van der Waals surface area contributed by atoms with Crippen molar-refractivity contribution in [2.45, 2.75) is 51.9 Å². The SMILES string of the molecule is CCC(CC)(Cc1nc(C2CC2)nn1C)C(=O)O. The lowest BCUT2D eigenvalue weighted by Gasteiger charge is -2.25.